The molecule has 8 rings (SSSR count). The van der Waals surface area contributed by atoms with Crippen molar-refractivity contribution < 1.29 is 18.6 Å². The summed E-state index contributed by atoms with van der Waals surface area (Å²) in [6.45, 7) is 13.9. The molecule has 284 valence electrons. The molecule has 0 aliphatic heterocycles. The van der Waals surface area contributed by atoms with Gasteiger partial charge in [-0.2, -0.15) is 18.2 Å². The number of halogens is 4. The van der Waals surface area contributed by atoms with E-state index in [1.54, 1.807) is 0 Å². The Morgan fingerprint density at radius 1 is 0.482 bits per heavy atom. The smallest absolute Gasteiger partial charge is 0.172 e. The van der Waals surface area contributed by atoms with E-state index in [9.17, 15) is 0 Å². The first-order chi connectivity index (χ1) is 26.7. The topological polar surface area (TPSA) is 0 Å². The van der Waals surface area contributed by atoms with Crippen LogP contribution in [0.5, 0.6) is 0 Å². The Morgan fingerprint density at radius 3 is 1.21 bits per heavy atom. The van der Waals surface area contributed by atoms with Crippen LogP contribution in [-0.2, 0) is 29.4 Å². The molecule has 0 aromatic heterocycles. The fourth-order valence-corrected chi connectivity index (χ4v) is 13.7. The predicted molar refractivity (Wildman–Crippen MR) is 245 cm³/mol. The molecule has 0 heterocycles. The Kier molecular flexibility index (Phi) is 13.8. The fraction of sp³-hybridized carbons (Fsp3) is 0.157. The Bertz CT molecular complexity index is 2390. The van der Waals surface area contributed by atoms with E-state index in [0.29, 0.717) is 10.0 Å². The minimum atomic E-state index is -2.77. The maximum atomic E-state index is 6.27. The number of hydrogen-bond donors (Lipinski definition) is 0. The van der Waals surface area contributed by atoms with Crippen molar-refractivity contribution in [2.24, 2.45) is 0 Å². The van der Waals surface area contributed by atoms with Crippen LogP contribution >= 0.6 is 40.4 Å². The van der Waals surface area contributed by atoms with Gasteiger partial charge in [0.1, 0.15) is 0 Å². The molecule has 56 heavy (non-hydrogen) atoms. The molecule has 0 aliphatic rings. The number of hydrogen-bond acceptors (Lipinski definition) is 0. The monoisotopic (exact) mass is 978 g/mol. The Morgan fingerprint density at radius 2 is 0.893 bits per heavy atom. The summed E-state index contributed by atoms with van der Waals surface area (Å²) in [5, 5.41) is 6.71. The first-order valence-electron chi connectivity index (χ1n) is 18.8. The molecule has 0 nitrogen and oxygen atoms in total. The third kappa shape index (κ3) is 10.3. The quantitative estimate of drug-likeness (QED) is 0.122. The van der Waals surface area contributed by atoms with Gasteiger partial charge in [0.15, 0.2) is 0 Å². The molecule has 0 aliphatic carbocycles. The van der Waals surface area contributed by atoms with Gasteiger partial charge < -0.3 is 0 Å². The summed E-state index contributed by atoms with van der Waals surface area (Å²) in [5.74, 6) is 0. The van der Waals surface area contributed by atoms with Gasteiger partial charge in [-0.15, -0.1) is 39.7 Å². The van der Waals surface area contributed by atoms with Crippen molar-refractivity contribution in [1.82, 2.24) is 0 Å². The van der Waals surface area contributed by atoms with Crippen molar-refractivity contribution in [2.75, 3.05) is 0 Å². The molecular weight excluding hydrogens is 933 g/mol. The normalized spacial score (nSPS) is 11.4. The summed E-state index contributed by atoms with van der Waals surface area (Å²) < 4.78 is 1.01. The van der Waals surface area contributed by atoms with Crippen molar-refractivity contribution in [3.63, 3.8) is 0 Å². The third-order valence-corrected chi connectivity index (χ3v) is 16.7. The minimum Gasteiger partial charge on any atom is -0.214 e. The Labute approximate surface area is 357 Å². The van der Waals surface area contributed by atoms with Gasteiger partial charge in [0, 0.05) is 0 Å². The van der Waals surface area contributed by atoms with Crippen LogP contribution in [0.3, 0.4) is 0 Å². The van der Waals surface area contributed by atoms with Crippen LogP contribution in [0, 0.1) is 0 Å². The van der Waals surface area contributed by atoms with E-state index in [1.165, 1.54) is 54.9 Å². The minimum absolute atomic E-state index is 0.0554. The van der Waals surface area contributed by atoms with E-state index in [0.717, 1.165) is 14.4 Å². The zero-order chi connectivity index (χ0) is 40.0. The molecule has 0 bridgehead atoms. The van der Waals surface area contributed by atoms with Crippen LogP contribution in [0.15, 0.2) is 170 Å². The standard InChI is InChI=1S/C33H33.C13H8Cl2.C5H5.2ClH.Hf/c1-32(2,3)30-20-26-24(18-28(30)22-13-9-7-10-14-22)17-25-19-29(23-15-11-8-12-16-23)31(21-27(25)26)33(4,5)6;14-12-5-1-3-10(8-12)7-11-4-2-6-13(15)9-11;1-2-4-5-3-1;;;/h7-21H,1-6H3;1-6,8-9H;1-5H;2*1H;/q-1;;-1;;;+2/p-2. The first-order valence-corrected chi connectivity index (χ1v) is 30.2. The molecule has 0 unspecified atom stereocenters. The number of benzene rings is 6. The molecule has 0 amide bonds. The van der Waals surface area contributed by atoms with E-state index in [1.807, 2.05) is 78.9 Å². The predicted octanol–water partition coefficient (Wildman–Crippen LogP) is 16.5. The third-order valence-electron chi connectivity index (χ3n) is 9.74. The molecule has 0 saturated heterocycles. The summed E-state index contributed by atoms with van der Waals surface area (Å²) in [4.78, 5) is 0. The second-order valence-electron chi connectivity index (χ2n) is 16.0. The van der Waals surface area contributed by atoms with Crippen LogP contribution in [0.1, 0.15) is 63.8 Å². The van der Waals surface area contributed by atoms with Crippen molar-refractivity contribution in [2.45, 2.75) is 52.4 Å². The SMILES string of the molecule is CC(C)(C)c1cc2c(cc1-c1ccccc1)[cH-]c1cc(-c3ccccc3)c(C(C)(C)C)cc12.Clc1cccc([C](c2cccc(Cl)c2)=[Hf]([Cl])[Cl])c1.c1cc[cH-]c1. The van der Waals surface area contributed by atoms with E-state index >= 15 is 0 Å². The average molecular weight is 979 g/mol. The average Bonchev–Trinajstić information content (AvgIpc) is 3.86. The van der Waals surface area contributed by atoms with Gasteiger partial charge in [-0.1, -0.05) is 114 Å². The van der Waals surface area contributed by atoms with Crippen LogP contribution in [0.2, 0.25) is 10.0 Å². The van der Waals surface area contributed by atoms with Gasteiger partial charge in [0.05, 0.1) is 0 Å². The van der Waals surface area contributed by atoms with Crippen molar-refractivity contribution in [3.8, 4) is 22.3 Å². The molecule has 8 aromatic carbocycles. The Balaban J connectivity index is 0.000000192. The van der Waals surface area contributed by atoms with E-state index in [-0.39, 0.29) is 10.8 Å². The maximum absolute atomic E-state index is 6.27. The van der Waals surface area contributed by atoms with Crippen molar-refractivity contribution in [3.05, 3.63) is 202 Å². The van der Waals surface area contributed by atoms with Crippen molar-refractivity contribution >= 4 is 65.2 Å². The Hall–Kier alpha value is -3.56. The van der Waals surface area contributed by atoms with Crippen LogP contribution in [-0.4, -0.2) is 3.26 Å². The van der Waals surface area contributed by atoms with Crippen LogP contribution < -0.4 is 0 Å². The molecular formula is C51H46Cl4Hf-2. The van der Waals surface area contributed by atoms with Gasteiger partial charge in [0.2, 0.25) is 0 Å². The number of fused-ring (bicyclic) bond motifs is 3. The van der Waals surface area contributed by atoms with E-state index in [4.69, 9.17) is 40.4 Å². The molecule has 8 aromatic rings. The first kappa shape index (κ1) is 42.1. The van der Waals surface area contributed by atoms with Crippen LogP contribution in [0.4, 0.5) is 0 Å². The summed E-state index contributed by atoms with van der Waals surface area (Å²) in [6, 6.07) is 58.9. The summed E-state index contributed by atoms with van der Waals surface area (Å²) in [6.07, 6.45) is 0. The molecule has 0 N–H and O–H groups in total. The van der Waals surface area contributed by atoms with Gasteiger partial charge in [-0.3, -0.25) is 0 Å². The summed E-state index contributed by atoms with van der Waals surface area (Å²) >= 11 is 9.25. The largest absolute Gasteiger partial charge is 0.214 e. The zero-order valence-electron chi connectivity index (χ0n) is 32.7. The van der Waals surface area contributed by atoms with Gasteiger partial charge in [-0.05, 0) is 44.2 Å². The van der Waals surface area contributed by atoms with E-state index in [2.05, 4.69) is 133 Å². The summed E-state index contributed by atoms with van der Waals surface area (Å²) in [7, 11) is 12.5. The second-order valence-corrected chi connectivity index (χ2v) is 28.3. The van der Waals surface area contributed by atoms with E-state index < -0.39 is 18.6 Å². The molecule has 5 heteroatoms. The molecule has 0 spiro atoms. The molecule has 0 radical (unpaired) electrons. The van der Waals surface area contributed by atoms with Gasteiger partial charge in [-0.25, -0.2) is 12.1 Å². The van der Waals surface area contributed by atoms with Crippen LogP contribution in [0.25, 0.3) is 43.8 Å². The van der Waals surface area contributed by atoms with Crippen molar-refractivity contribution in [1.29, 1.82) is 0 Å². The summed E-state index contributed by atoms with van der Waals surface area (Å²) in [5.41, 5.74) is 10.1. The van der Waals surface area contributed by atoms with Gasteiger partial charge in [0.25, 0.3) is 0 Å². The maximum Gasteiger partial charge on any atom is -0.172 e. The molecule has 0 atom stereocenters. The molecule has 0 saturated carbocycles. The van der Waals surface area contributed by atoms with Gasteiger partial charge >= 0.3 is 132 Å². The fourth-order valence-electron chi connectivity index (χ4n) is 7.05. The second kappa shape index (κ2) is 18.4. The molecule has 0 fully saturated rings. The number of rotatable bonds is 4. The zero-order valence-corrected chi connectivity index (χ0v) is 39.3.